The summed E-state index contributed by atoms with van der Waals surface area (Å²) in [5, 5.41) is 24.6. The number of carboxylic acids is 1. The number of halogens is 2. The van der Waals surface area contributed by atoms with E-state index in [0.29, 0.717) is 11.3 Å². The van der Waals surface area contributed by atoms with Gasteiger partial charge in [-0.15, -0.1) is 5.10 Å². The Morgan fingerprint density at radius 1 is 1.56 bits per heavy atom. The Morgan fingerprint density at radius 3 is 2.72 bits per heavy atom. The van der Waals surface area contributed by atoms with E-state index in [0.717, 1.165) is 0 Å². The minimum atomic E-state index is -3.04. The second kappa shape index (κ2) is 6.36. The molecule has 7 nitrogen and oxygen atoms in total. The zero-order valence-electron chi connectivity index (χ0n) is 9.58. The van der Waals surface area contributed by atoms with Crippen LogP contribution in [0.3, 0.4) is 0 Å². The molecule has 1 heterocycles. The molecule has 9 heteroatoms. The third kappa shape index (κ3) is 3.44. The van der Waals surface area contributed by atoms with Crippen LogP contribution < -0.4 is 0 Å². The number of aliphatic hydroxyl groups excluding tert-OH is 1. The molecule has 0 aliphatic carbocycles. The highest BCUT2D eigenvalue weighted by molar-refractivity contribution is 5.86. The normalized spacial score (nSPS) is 12.9. The maximum atomic E-state index is 12.7. The van der Waals surface area contributed by atoms with Crippen LogP contribution in [0.4, 0.5) is 8.78 Å². The number of alkyl halides is 2. The molecule has 102 valence electrons. The molecule has 1 aromatic rings. The van der Waals surface area contributed by atoms with E-state index in [1.54, 1.807) is 6.92 Å². The average molecular weight is 265 g/mol. The first-order valence-electron chi connectivity index (χ1n) is 5.18. The number of nitrogens with zero attached hydrogens (tertiary/aromatic N) is 3. The Balaban J connectivity index is 2.85. The molecular weight excluding hydrogens is 252 g/mol. The molecule has 0 aliphatic rings. The molecule has 0 bridgehead atoms. The van der Waals surface area contributed by atoms with Gasteiger partial charge in [0.25, 0.3) is 6.43 Å². The van der Waals surface area contributed by atoms with E-state index in [2.05, 4.69) is 10.3 Å². The van der Waals surface area contributed by atoms with Gasteiger partial charge in [-0.1, -0.05) is 5.21 Å². The second-order valence-corrected chi connectivity index (χ2v) is 3.42. The van der Waals surface area contributed by atoms with Gasteiger partial charge in [0.2, 0.25) is 0 Å². The van der Waals surface area contributed by atoms with Crippen LogP contribution in [0.15, 0.2) is 0 Å². The minimum Gasteiger partial charge on any atom is -0.476 e. The van der Waals surface area contributed by atoms with Crippen molar-refractivity contribution in [1.29, 1.82) is 0 Å². The first-order valence-corrected chi connectivity index (χ1v) is 5.18. The number of rotatable bonds is 7. The van der Waals surface area contributed by atoms with E-state index in [9.17, 15) is 18.7 Å². The van der Waals surface area contributed by atoms with Crippen molar-refractivity contribution in [3.63, 3.8) is 0 Å². The first-order chi connectivity index (χ1) is 8.47. The van der Waals surface area contributed by atoms with E-state index in [-0.39, 0.29) is 13.2 Å². The van der Waals surface area contributed by atoms with Crippen molar-refractivity contribution in [2.24, 2.45) is 0 Å². The fraction of sp³-hybridized carbons (Fsp3) is 0.667. The summed E-state index contributed by atoms with van der Waals surface area (Å²) in [6.45, 7) is 1.73. The predicted molar refractivity (Wildman–Crippen MR) is 54.4 cm³/mol. The first kappa shape index (κ1) is 14.5. The van der Waals surface area contributed by atoms with Gasteiger partial charge < -0.3 is 14.9 Å². The second-order valence-electron chi connectivity index (χ2n) is 3.42. The molecule has 0 saturated carbocycles. The van der Waals surface area contributed by atoms with Crippen molar-refractivity contribution in [3.8, 4) is 0 Å². The topological polar surface area (TPSA) is 97.5 Å². The Hall–Kier alpha value is -1.61. The standard InChI is InChI=1S/C9H13F2N3O4/c1-2-18-4-5(15)3-14-7(8(10)11)6(9(16)17)12-13-14/h5,8,15H,2-4H2,1H3,(H,16,17). The zero-order valence-corrected chi connectivity index (χ0v) is 9.58. The van der Waals surface area contributed by atoms with E-state index in [4.69, 9.17) is 9.84 Å². The lowest BCUT2D eigenvalue weighted by atomic mass is 10.3. The van der Waals surface area contributed by atoms with Gasteiger partial charge in [0.1, 0.15) is 5.69 Å². The molecule has 1 rings (SSSR count). The SMILES string of the molecule is CCOCC(O)Cn1nnc(C(=O)O)c1C(F)F. The fourth-order valence-electron chi connectivity index (χ4n) is 1.33. The predicted octanol–water partition coefficient (Wildman–Crippen LogP) is 0.311. The molecule has 18 heavy (non-hydrogen) atoms. The van der Waals surface area contributed by atoms with Gasteiger partial charge >= 0.3 is 5.97 Å². The van der Waals surface area contributed by atoms with Gasteiger partial charge in [-0.05, 0) is 6.92 Å². The Labute approximate surface area is 101 Å². The molecule has 0 radical (unpaired) electrons. The van der Waals surface area contributed by atoms with Gasteiger partial charge in [0.05, 0.1) is 19.3 Å². The molecule has 1 unspecified atom stereocenters. The van der Waals surface area contributed by atoms with E-state index in [1.165, 1.54) is 0 Å². The molecule has 0 spiro atoms. The molecular formula is C9H13F2N3O4. The van der Waals surface area contributed by atoms with Crippen molar-refractivity contribution in [2.75, 3.05) is 13.2 Å². The molecule has 0 amide bonds. The van der Waals surface area contributed by atoms with Crippen molar-refractivity contribution in [2.45, 2.75) is 26.0 Å². The lowest BCUT2D eigenvalue weighted by Crippen LogP contribution is -2.24. The smallest absolute Gasteiger partial charge is 0.358 e. The average Bonchev–Trinajstić information content (AvgIpc) is 2.70. The molecule has 0 aliphatic heterocycles. The summed E-state index contributed by atoms with van der Waals surface area (Å²) in [5.41, 5.74) is -1.63. The van der Waals surface area contributed by atoms with Crippen LogP contribution in [0.1, 0.15) is 29.5 Å². The fourth-order valence-corrected chi connectivity index (χ4v) is 1.33. The van der Waals surface area contributed by atoms with Gasteiger partial charge in [-0.3, -0.25) is 0 Å². The lowest BCUT2D eigenvalue weighted by Gasteiger charge is -2.12. The van der Waals surface area contributed by atoms with Crippen molar-refractivity contribution in [3.05, 3.63) is 11.4 Å². The monoisotopic (exact) mass is 265 g/mol. The molecule has 0 aromatic carbocycles. The number of carboxylic acid groups (broad SMARTS) is 1. The number of aromatic nitrogens is 3. The summed E-state index contributed by atoms with van der Waals surface area (Å²) in [7, 11) is 0. The summed E-state index contributed by atoms with van der Waals surface area (Å²) in [6, 6.07) is 0. The summed E-state index contributed by atoms with van der Waals surface area (Å²) in [4.78, 5) is 10.7. The number of aliphatic hydroxyl groups is 1. The Kier molecular flexibility index (Phi) is 5.10. The molecule has 1 atom stereocenters. The van der Waals surface area contributed by atoms with Crippen LogP contribution in [-0.4, -0.2) is 50.5 Å². The number of hydrogen-bond acceptors (Lipinski definition) is 5. The largest absolute Gasteiger partial charge is 0.476 e. The maximum Gasteiger partial charge on any atom is 0.358 e. The molecule has 0 fully saturated rings. The number of carbonyl (C=O) groups is 1. The zero-order chi connectivity index (χ0) is 13.7. The highest BCUT2D eigenvalue weighted by atomic mass is 19.3. The van der Waals surface area contributed by atoms with Crippen molar-refractivity contribution in [1.82, 2.24) is 15.0 Å². The van der Waals surface area contributed by atoms with E-state index in [1.807, 2.05) is 0 Å². The molecule has 1 aromatic heterocycles. The highest BCUT2D eigenvalue weighted by Crippen LogP contribution is 2.21. The molecule has 2 N–H and O–H groups in total. The number of aromatic carboxylic acids is 1. The Morgan fingerprint density at radius 2 is 2.22 bits per heavy atom. The van der Waals surface area contributed by atoms with Crippen LogP contribution in [0.2, 0.25) is 0 Å². The number of ether oxygens (including phenoxy) is 1. The molecule has 0 saturated heterocycles. The van der Waals surface area contributed by atoms with E-state index < -0.39 is 29.9 Å². The summed E-state index contributed by atoms with van der Waals surface area (Å²) in [6.07, 6.45) is -4.10. The van der Waals surface area contributed by atoms with Gasteiger partial charge in [-0.2, -0.15) is 0 Å². The van der Waals surface area contributed by atoms with Crippen LogP contribution in [0.5, 0.6) is 0 Å². The maximum absolute atomic E-state index is 12.7. The van der Waals surface area contributed by atoms with Crippen LogP contribution in [0.25, 0.3) is 0 Å². The van der Waals surface area contributed by atoms with Crippen LogP contribution >= 0.6 is 0 Å². The summed E-state index contributed by atoms with van der Waals surface area (Å²) in [5.74, 6) is -1.59. The summed E-state index contributed by atoms with van der Waals surface area (Å²) < 4.78 is 31.0. The minimum absolute atomic E-state index is 0.0541. The van der Waals surface area contributed by atoms with Crippen LogP contribution in [-0.2, 0) is 11.3 Å². The Bertz CT molecular complexity index is 411. The number of hydrogen-bond donors (Lipinski definition) is 2. The lowest BCUT2D eigenvalue weighted by molar-refractivity contribution is 0.0285. The van der Waals surface area contributed by atoms with Crippen LogP contribution in [0, 0.1) is 0 Å². The quantitative estimate of drug-likeness (QED) is 0.736. The third-order valence-corrected chi connectivity index (χ3v) is 2.08. The van der Waals surface area contributed by atoms with E-state index >= 15 is 0 Å². The summed E-state index contributed by atoms with van der Waals surface area (Å²) >= 11 is 0. The van der Waals surface area contributed by atoms with Gasteiger partial charge in [-0.25, -0.2) is 18.3 Å². The van der Waals surface area contributed by atoms with Gasteiger partial charge in [0.15, 0.2) is 5.69 Å². The van der Waals surface area contributed by atoms with Crippen molar-refractivity contribution < 1.29 is 28.5 Å². The third-order valence-electron chi connectivity index (χ3n) is 2.08. The van der Waals surface area contributed by atoms with Gasteiger partial charge in [0, 0.05) is 6.61 Å². The highest BCUT2D eigenvalue weighted by Gasteiger charge is 2.27. The van der Waals surface area contributed by atoms with Crippen molar-refractivity contribution >= 4 is 5.97 Å².